The standard InChI is InChI=1S/C21H20BrNOS/c1-14-4-8-18(9-5-14)23-15(2)12-20(16(23)3)21(24)13-25-19-10-6-17(22)7-11-19/h4-12H,13H2,1-3H3. The van der Waals surface area contributed by atoms with Crippen molar-refractivity contribution in [2.24, 2.45) is 0 Å². The fourth-order valence-corrected chi connectivity index (χ4v) is 3.94. The molecule has 0 N–H and O–H groups in total. The normalized spacial score (nSPS) is 10.9. The second-order valence-corrected chi connectivity index (χ2v) is 8.09. The van der Waals surface area contributed by atoms with Gasteiger partial charge in [0.05, 0.1) is 5.75 Å². The predicted molar refractivity (Wildman–Crippen MR) is 109 cm³/mol. The SMILES string of the molecule is Cc1ccc(-n2c(C)cc(C(=O)CSc3ccc(Br)cc3)c2C)cc1. The highest BCUT2D eigenvalue weighted by Crippen LogP contribution is 2.25. The van der Waals surface area contributed by atoms with E-state index in [1.165, 1.54) is 5.56 Å². The maximum absolute atomic E-state index is 12.7. The van der Waals surface area contributed by atoms with Gasteiger partial charge in [0.1, 0.15) is 0 Å². The molecule has 4 heteroatoms. The Labute approximate surface area is 161 Å². The lowest BCUT2D eigenvalue weighted by Crippen LogP contribution is -2.05. The van der Waals surface area contributed by atoms with E-state index in [9.17, 15) is 4.79 Å². The Balaban J connectivity index is 1.80. The minimum Gasteiger partial charge on any atom is -0.318 e. The second-order valence-electron chi connectivity index (χ2n) is 6.12. The van der Waals surface area contributed by atoms with Crippen molar-refractivity contribution in [1.29, 1.82) is 0 Å². The first-order valence-electron chi connectivity index (χ1n) is 8.13. The Morgan fingerprint density at radius 3 is 2.28 bits per heavy atom. The third-order valence-corrected chi connectivity index (χ3v) is 5.75. The number of aryl methyl sites for hydroxylation is 2. The lowest BCUT2D eigenvalue weighted by atomic mass is 10.2. The molecule has 2 aromatic carbocycles. The Morgan fingerprint density at radius 1 is 1.00 bits per heavy atom. The molecule has 3 rings (SSSR count). The van der Waals surface area contributed by atoms with Crippen molar-refractivity contribution in [3.8, 4) is 5.69 Å². The molecule has 25 heavy (non-hydrogen) atoms. The highest BCUT2D eigenvalue weighted by atomic mass is 79.9. The van der Waals surface area contributed by atoms with Gasteiger partial charge in [0.25, 0.3) is 0 Å². The van der Waals surface area contributed by atoms with Crippen molar-refractivity contribution in [3.63, 3.8) is 0 Å². The predicted octanol–water partition coefficient (Wildman–Crippen LogP) is 6.14. The monoisotopic (exact) mass is 413 g/mol. The molecule has 0 aliphatic heterocycles. The van der Waals surface area contributed by atoms with Crippen LogP contribution in [0.2, 0.25) is 0 Å². The number of aromatic nitrogens is 1. The molecule has 0 atom stereocenters. The van der Waals surface area contributed by atoms with Gasteiger partial charge in [-0.15, -0.1) is 11.8 Å². The van der Waals surface area contributed by atoms with Gasteiger partial charge >= 0.3 is 0 Å². The molecule has 1 aromatic heterocycles. The van der Waals surface area contributed by atoms with Crippen LogP contribution in [0.15, 0.2) is 64.0 Å². The average molecular weight is 414 g/mol. The maximum Gasteiger partial charge on any atom is 0.174 e. The van der Waals surface area contributed by atoms with Crippen molar-refractivity contribution in [2.45, 2.75) is 25.7 Å². The molecule has 128 valence electrons. The van der Waals surface area contributed by atoms with Gasteiger partial charge in [0.15, 0.2) is 5.78 Å². The summed E-state index contributed by atoms with van der Waals surface area (Å²) in [6, 6.07) is 18.4. The van der Waals surface area contributed by atoms with Crippen molar-refractivity contribution in [1.82, 2.24) is 4.57 Å². The fraction of sp³-hybridized carbons (Fsp3) is 0.190. The van der Waals surface area contributed by atoms with Gasteiger partial charge in [-0.1, -0.05) is 33.6 Å². The molecule has 0 bridgehead atoms. The molecule has 0 aliphatic carbocycles. The molecule has 2 nitrogen and oxygen atoms in total. The topological polar surface area (TPSA) is 22.0 Å². The van der Waals surface area contributed by atoms with Crippen molar-refractivity contribution in [2.75, 3.05) is 5.75 Å². The minimum absolute atomic E-state index is 0.166. The zero-order valence-corrected chi connectivity index (χ0v) is 16.9. The van der Waals surface area contributed by atoms with Crippen molar-refractivity contribution < 1.29 is 4.79 Å². The summed E-state index contributed by atoms with van der Waals surface area (Å²) in [5.41, 5.74) is 5.22. The third-order valence-electron chi connectivity index (χ3n) is 4.21. The zero-order chi connectivity index (χ0) is 18.0. The fourth-order valence-electron chi connectivity index (χ4n) is 2.89. The first-order valence-corrected chi connectivity index (χ1v) is 9.91. The first-order chi connectivity index (χ1) is 12.0. The van der Waals surface area contributed by atoms with Crippen LogP contribution in [0.25, 0.3) is 5.69 Å². The molecule has 0 amide bonds. The molecular weight excluding hydrogens is 394 g/mol. The number of Topliss-reactive ketones (excluding diaryl/α,β-unsaturated/α-hetero) is 1. The van der Waals surface area contributed by atoms with Gasteiger partial charge in [0.2, 0.25) is 0 Å². The second kappa shape index (κ2) is 7.63. The summed E-state index contributed by atoms with van der Waals surface area (Å²) in [6.07, 6.45) is 0. The number of halogens is 1. The summed E-state index contributed by atoms with van der Waals surface area (Å²) in [7, 11) is 0. The van der Waals surface area contributed by atoms with E-state index in [1.54, 1.807) is 11.8 Å². The summed E-state index contributed by atoms with van der Waals surface area (Å²) in [6.45, 7) is 6.14. The minimum atomic E-state index is 0.166. The molecule has 0 aliphatic rings. The van der Waals surface area contributed by atoms with Crippen LogP contribution in [0.3, 0.4) is 0 Å². The third kappa shape index (κ3) is 4.07. The first kappa shape index (κ1) is 18.0. The summed E-state index contributed by atoms with van der Waals surface area (Å²) >= 11 is 5.00. The summed E-state index contributed by atoms with van der Waals surface area (Å²) < 4.78 is 3.20. The van der Waals surface area contributed by atoms with Crippen LogP contribution in [-0.4, -0.2) is 16.1 Å². The van der Waals surface area contributed by atoms with Gasteiger partial charge < -0.3 is 4.57 Å². The molecule has 0 radical (unpaired) electrons. The maximum atomic E-state index is 12.7. The van der Waals surface area contributed by atoms with Crippen molar-refractivity contribution in [3.05, 3.63) is 81.6 Å². The summed E-state index contributed by atoms with van der Waals surface area (Å²) in [5.74, 6) is 0.610. The van der Waals surface area contributed by atoms with Crippen LogP contribution in [0.5, 0.6) is 0 Å². The number of carbonyl (C=O) groups excluding carboxylic acids is 1. The number of carbonyl (C=O) groups is 1. The van der Waals surface area contributed by atoms with E-state index in [1.807, 2.05) is 44.2 Å². The number of thioether (sulfide) groups is 1. The highest BCUT2D eigenvalue weighted by molar-refractivity contribution is 9.10. The Hall–Kier alpha value is -1.78. The molecule has 0 fully saturated rings. The lowest BCUT2D eigenvalue weighted by Gasteiger charge is -2.10. The van der Waals surface area contributed by atoms with Crippen LogP contribution >= 0.6 is 27.7 Å². The Kier molecular flexibility index (Phi) is 5.50. The van der Waals surface area contributed by atoms with Crippen LogP contribution in [0.1, 0.15) is 27.3 Å². The van der Waals surface area contributed by atoms with Gasteiger partial charge in [-0.05, 0) is 63.2 Å². The molecule has 0 unspecified atom stereocenters. The Bertz CT molecular complexity index is 895. The number of ketones is 1. The van der Waals surface area contributed by atoms with E-state index in [0.29, 0.717) is 5.75 Å². The number of hydrogen-bond donors (Lipinski definition) is 0. The van der Waals surface area contributed by atoms with Gasteiger partial charge in [-0.3, -0.25) is 4.79 Å². The van der Waals surface area contributed by atoms with Gasteiger partial charge in [0, 0.05) is 32.0 Å². The van der Waals surface area contributed by atoms with E-state index in [4.69, 9.17) is 0 Å². The number of benzene rings is 2. The van der Waals surface area contributed by atoms with E-state index < -0.39 is 0 Å². The summed E-state index contributed by atoms with van der Waals surface area (Å²) in [4.78, 5) is 13.8. The molecule has 3 aromatic rings. The highest BCUT2D eigenvalue weighted by Gasteiger charge is 2.16. The van der Waals surface area contributed by atoms with Crippen molar-refractivity contribution >= 4 is 33.5 Å². The van der Waals surface area contributed by atoms with E-state index in [-0.39, 0.29) is 5.78 Å². The average Bonchev–Trinajstić information content (AvgIpc) is 2.90. The van der Waals surface area contributed by atoms with Gasteiger partial charge in [-0.2, -0.15) is 0 Å². The van der Waals surface area contributed by atoms with E-state index in [2.05, 4.69) is 51.7 Å². The van der Waals surface area contributed by atoms with Crippen LogP contribution < -0.4 is 0 Å². The number of nitrogens with zero attached hydrogens (tertiary/aromatic N) is 1. The molecule has 0 saturated heterocycles. The molecule has 0 spiro atoms. The quantitative estimate of drug-likeness (QED) is 0.370. The Morgan fingerprint density at radius 2 is 1.64 bits per heavy atom. The molecule has 0 saturated carbocycles. The molecule has 1 heterocycles. The smallest absolute Gasteiger partial charge is 0.174 e. The number of hydrogen-bond acceptors (Lipinski definition) is 2. The molecular formula is C21H20BrNOS. The van der Waals surface area contributed by atoms with Crippen LogP contribution in [0.4, 0.5) is 0 Å². The number of rotatable bonds is 5. The van der Waals surface area contributed by atoms with Crippen LogP contribution in [0, 0.1) is 20.8 Å². The summed E-state index contributed by atoms with van der Waals surface area (Å²) in [5, 5.41) is 0. The lowest BCUT2D eigenvalue weighted by molar-refractivity contribution is 0.102. The van der Waals surface area contributed by atoms with Crippen LogP contribution in [-0.2, 0) is 0 Å². The zero-order valence-electron chi connectivity index (χ0n) is 14.5. The van der Waals surface area contributed by atoms with Gasteiger partial charge in [-0.25, -0.2) is 0 Å². The largest absolute Gasteiger partial charge is 0.318 e. The van der Waals surface area contributed by atoms with E-state index >= 15 is 0 Å². The van der Waals surface area contributed by atoms with E-state index in [0.717, 1.165) is 32.0 Å².